The summed E-state index contributed by atoms with van der Waals surface area (Å²) in [5.41, 5.74) is 1.13. The van der Waals surface area contributed by atoms with Crippen LogP contribution in [0.4, 0.5) is 0 Å². The molecule has 6 heteroatoms. The summed E-state index contributed by atoms with van der Waals surface area (Å²) in [6.07, 6.45) is 4.77. The van der Waals surface area contributed by atoms with Crippen LogP contribution in [-0.2, 0) is 22.4 Å². The third-order valence-electron chi connectivity index (χ3n) is 4.28. The van der Waals surface area contributed by atoms with Gasteiger partial charge in [-0.1, -0.05) is 0 Å². The zero-order chi connectivity index (χ0) is 14.9. The summed E-state index contributed by atoms with van der Waals surface area (Å²) in [5.74, 6) is -1.06. The summed E-state index contributed by atoms with van der Waals surface area (Å²) in [6, 6.07) is 0. The van der Waals surface area contributed by atoms with Crippen molar-refractivity contribution in [3.8, 4) is 0 Å². The summed E-state index contributed by atoms with van der Waals surface area (Å²) >= 11 is 1.64. The van der Waals surface area contributed by atoms with Crippen molar-refractivity contribution in [3.05, 3.63) is 21.4 Å². The number of carbonyl (C=O) groups excluding carboxylic acids is 1. The van der Waals surface area contributed by atoms with Crippen LogP contribution in [0.1, 0.15) is 46.5 Å². The van der Waals surface area contributed by atoms with Crippen LogP contribution in [0.15, 0.2) is 5.38 Å². The van der Waals surface area contributed by atoms with Gasteiger partial charge in [0.05, 0.1) is 24.1 Å². The van der Waals surface area contributed by atoms with Gasteiger partial charge in [-0.2, -0.15) is 0 Å². The monoisotopic (exact) mass is 309 g/mol. The van der Waals surface area contributed by atoms with E-state index in [4.69, 9.17) is 9.84 Å². The number of hydrogen-bond acceptors (Lipinski definition) is 4. The Kier molecular flexibility index (Phi) is 3.99. The van der Waals surface area contributed by atoms with Gasteiger partial charge >= 0.3 is 5.97 Å². The number of aryl methyl sites for hydroxylation is 1. The topological polar surface area (TPSA) is 75.6 Å². The Morgan fingerprint density at radius 1 is 1.38 bits per heavy atom. The van der Waals surface area contributed by atoms with E-state index in [-0.39, 0.29) is 18.9 Å². The minimum Gasteiger partial charge on any atom is -0.481 e. The van der Waals surface area contributed by atoms with Crippen molar-refractivity contribution in [2.45, 2.75) is 44.1 Å². The number of carboxylic acid groups (broad SMARTS) is 1. The van der Waals surface area contributed by atoms with Crippen LogP contribution in [-0.4, -0.2) is 35.7 Å². The first-order chi connectivity index (χ1) is 10.1. The molecule has 0 aromatic carbocycles. The fourth-order valence-corrected chi connectivity index (χ4v) is 4.30. The molecule has 1 atom stereocenters. The van der Waals surface area contributed by atoms with E-state index in [9.17, 15) is 9.59 Å². The second-order valence-electron chi connectivity index (χ2n) is 5.87. The first kappa shape index (κ1) is 14.5. The van der Waals surface area contributed by atoms with Crippen molar-refractivity contribution in [2.75, 3.05) is 13.2 Å². The number of ether oxygens (including phenoxy) is 1. The molecule has 114 valence electrons. The lowest BCUT2D eigenvalue weighted by Gasteiger charge is -2.27. The Labute approximate surface area is 127 Å². The molecule has 1 unspecified atom stereocenters. The Morgan fingerprint density at radius 3 is 2.90 bits per heavy atom. The van der Waals surface area contributed by atoms with Crippen LogP contribution in [0.5, 0.6) is 0 Å². The first-order valence-electron chi connectivity index (χ1n) is 7.31. The molecule has 1 fully saturated rings. The average Bonchev–Trinajstić information content (AvgIpc) is 3.04. The van der Waals surface area contributed by atoms with Crippen LogP contribution in [0.2, 0.25) is 0 Å². The maximum Gasteiger partial charge on any atom is 0.305 e. The number of amides is 1. The van der Waals surface area contributed by atoms with Crippen molar-refractivity contribution in [2.24, 2.45) is 0 Å². The molecule has 1 aromatic rings. The maximum atomic E-state index is 12.6. The zero-order valence-corrected chi connectivity index (χ0v) is 12.6. The fourth-order valence-electron chi connectivity index (χ4n) is 3.17. The van der Waals surface area contributed by atoms with Gasteiger partial charge < -0.3 is 15.2 Å². The van der Waals surface area contributed by atoms with E-state index in [0.717, 1.165) is 30.4 Å². The lowest BCUT2D eigenvalue weighted by atomic mass is 9.92. The van der Waals surface area contributed by atoms with Gasteiger partial charge in [-0.15, -0.1) is 11.3 Å². The number of hydrogen-bond donors (Lipinski definition) is 2. The number of thiophene rings is 1. The summed E-state index contributed by atoms with van der Waals surface area (Å²) < 4.78 is 5.32. The molecule has 0 saturated carbocycles. The number of aliphatic carboxylic acids is 1. The Hall–Kier alpha value is -1.40. The molecule has 1 saturated heterocycles. The normalized spacial score (nSPS) is 24.6. The minimum absolute atomic E-state index is 0.0922. The van der Waals surface area contributed by atoms with E-state index in [1.54, 1.807) is 11.3 Å². The van der Waals surface area contributed by atoms with Crippen LogP contribution in [0, 0.1) is 0 Å². The van der Waals surface area contributed by atoms with Crippen molar-refractivity contribution in [3.63, 3.8) is 0 Å². The zero-order valence-electron chi connectivity index (χ0n) is 11.8. The molecule has 21 heavy (non-hydrogen) atoms. The standard InChI is InChI=1S/C15H19NO4S/c17-13(18)7-15(5-6-20-9-15)16-14(19)11-8-21-12-4-2-1-3-10(11)12/h8H,1-7,9H2,(H,16,19)(H,17,18). The predicted molar refractivity (Wildman–Crippen MR) is 78.8 cm³/mol. The number of carboxylic acids is 1. The van der Waals surface area contributed by atoms with Gasteiger partial charge in [0.1, 0.15) is 0 Å². The van der Waals surface area contributed by atoms with Crippen molar-refractivity contribution in [1.82, 2.24) is 5.32 Å². The second-order valence-corrected chi connectivity index (χ2v) is 6.83. The summed E-state index contributed by atoms with van der Waals surface area (Å²) in [6.45, 7) is 0.771. The van der Waals surface area contributed by atoms with Crippen molar-refractivity contribution >= 4 is 23.2 Å². The number of rotatable bonds is 4. The molecule has 1 aliphatic carbocycles. The predicted octanol–water partition coefficient (Wildman–Crippen LogP) is 1.99. The van der Waals surface area contributed by atoms with Gasteiger partial charge in [-0.05, 0) is 37.7 Å². The number of nitrogens with one attached hydrogen (secondary N) is 1. The lowest BCUT2D eigenvalue weighted by molar-refractivity contribution is -0.138. The molecular formula is C15H19NO4S. The third-order valence-corrected chi connectivity index (χ3v) is 5.37. The molecular weight excluding hydrogens is 290 g/mol. The minimum atomic E-state index is -0.909. The smallest absolute Gasteiger partial charge is 0.305 e. The molecule has 0 bridgehead atoms. The molecule has 5 nitrogen and oxygen atoms in total. The Balaban J connectivity index is 1.78. The van der Waals surface area contributed by atoms with Gasteiger partial charge in [-0.3, -0.25) is 9.59 Å². The Morgan fingerprint density at radius 2 is 2.19 bits per heavy atom. The summed E-state index contributed by atoms with van der Waals surface area (Å²) in [4.78, 5) is 24.9. The highest BCUT2D eigenvalue weighted by atomic mass is 32.1. The van der Waals surface area contributed by atoms with E-state index >= 15 is 0 Å². The highest BCUT2D eigenvalue weighted by molar-refractivity contribution is 7.10. The number of carbonyl (C=O) groups is 2. The fraction of sp³-hybridized carbons (Fsp3) is 0.600. The van der Waals surface area contributed by atoms with E-state index in [0.29, 0.717) is 13.0 Å². The molecule has 1 aromatic heterocycles. The largest absolute Gasteiger partial charge is 0.481 e. The molecule has 1 amide bonds. The molecule has 1 aliphatic heterocycles. The molecule has 0 radical (unpaired) electrons. The molecule has 2 aliphatic rings. The van der Waals surface area contributed by atoms with E-state index in [1.807, 2.05) is 5.38 Å². The van der Waals surface area contributed by atoms with Gasteiger partial charge in [0, 0.05) is 16.9 Å². The van der Waals surface area contributed by atoms with Crippen LogP contribution in [0.3, 0.4) is 0 Å². The lowest BCUT2D eigenvalue weighted by Crippen LogP contribution is -2.50. The van der Waals surface area contributed by atoms with Crippen LogP contribution < -0.4 is 5.32 Å². The highest BCUT2D eigenvalue weighted by Crippen LogP contribution is 2.31. The van der Waals surface area contributed by atoms with Crippen LogP contribution >= 0.6 is 11.3 Å². The second kappa shape index (κ2) is 5.77. The molecule has 2 heterocycles. The maximum absolute atomic E-state index is 12.6. The molecule has 3 rings (SSSR count). The van der Waals surface area contributed by atoms with E-state index < -0.39 is 11.5 Å². The van der Waals surface area contributed by atoms with Gasteiger partial charge in [0.15, 0.2) is 0 Å². The van der Waals surface area contributed by atoms with Crippen LogP contribution in [0.25, 0.3) is 0 Å². The molecule has 0 spiro atoms. The van der Waals surface area contributed by atoms with E-state index in [2.05, 4.69) is 5.32 Å². The highest BCUT2D eigenvalue weighted by Gasteiger charge is 2.39. The Bertz CT molecular complexity index is 560. The summed E-state index contributed by atoms with van der Waals surface area (Å²) in [5, 5.41) is 13.9. The molecule has 2 N–H and O–H groups in total. The average molecular weight is 309 g/mol. The van der Waals surface area contributed by atoms with E-state index in [1.165, 1.54) is 11.3 Å². The summed E-state index contributed by atoms with van der Waals surface area (Å²) in [7, 11) is 0. The third kappa shape index (κ3) is 2.96. The van der Waals surface area contributed by atoms with Crippen molar-refractivity contribution in [1.29, 1.82) is 0 Å². The SMILES string of the molecule is O=C(O)CC1(NC(=O)c2csc3c2CCCC3)CCOC1. The quantitative estimate of drug-likeness (QED) is 0.892. The first-order valence-corrected chi connectivity index (χ1v) is 8.19. The van der Waals surface area contributed by atoms with Gasteiger partial charge in [-0.25, -0.2) is 0 Å². The number of fused-ring (bicyclic) bond motifs is 1. The van der Waals surface area contributed by atoms with Gasteiger partial charge in [0.25, 0.3) is 5.91 Å². The van der Waals surface area contributed by atoms with Crippen molar-refractivity contribution < 1.29 is 19.4 Å². The van der Waals surface area contributed by atoms with Gasteiger partial charge in [0.2, 0.25) is 0 Å².